The van der Waals surface area contributed by atoms with Crippen molar-refractivity contribution in [2.75, 3.05) is 7.05 Å². The van der Waals surface area contributed by atoms with Crippen molar-refractivity contribution in [2.24, 2.45) is 7.05 Å². The number of hydrogen-bond acceptors (Lipinski definition) is 4. The molecule has 8 nitrogen and oxygen atoms in total. The molecule has 0 fully saturated rings. The van der Waals surface area contributed by atoms with Gasteiger partial charge in [-0.05, 0) is 13.8 Å². The van der Waals surface area contributed by atoms with Gasteiger partial charge in [-0.1, -0.05) is 0 Å². The Labute approximate surface area is 127 Å². The van der Waals surface area contributed by atoms with Gasteiger partial charge in [-0.25, -0.2) is 4.79 Å². The SMILES string of the molecule is Cc1nn(C)cc1CN(C)C(=O)c1cnn(C(C)C(=O)O)c1. The van der Waals surface area contributed by atoms with Crippen LogP contribution >= 0.6 is 0 Å². The van der Waals surface area contributed by atoms with E-state index in [0.717, 1.165) is 11.3 Å². The molecule has 22 heavy (non-hydrogen) atoms. The average molecular weight is 305 g/mol. The van der Waals surface area contributed by atoms with Gasteiger partial charge in [-0.2, -0.15) is 10.2 Å². The molecule has 0 saturated heterocycles. The van der Waals surface area contributed by atoms with Gasteiger partial charge in [0.05, 0.1) is 17.5 Å². The lowest BCUT2D eigenvalue weighted by Gasteiger charge is -2.15. The molecule has 8 heteroatoms. The topological polar surface area (TPSA) is 93.3 Å². The number of rotatable bonds is 5. The molecule has 0 radical (unpaired) electrons. The summed E-state index contributed by atoms with van der Waals surface area (Å²) in [6, 6.07) is -0.813. The van der Waals surface area contributed by atoms with Crippen LogP contribution in [-0.4, -0.2) is 48.5 Å². The number of carbonyl (C=O) groups excluding carboxylic acids is 1. The van der Waals surface area contributed by atoms with Crippen LogP contribution in [0, 0.1) is 6.92 Å². The molecule has 2 aromatic heterocycles. The Morgan fingerprint density at radius 2 is 2.09 bits per heavy atom. The van der Waals surface area contributed by atoms with E-state index in [-0.39, 0.29) is 5.91 Å². The Bertz CT molecular complexity index is 703. The Balaban J connectivity index is 2.11. The Morgan fingerprint density at radius 1 is 1.41 bits per heavy atom. The van der Waals surface area contributed by atoms with Crippen molar-refractivity contribution in [1.82, 2.24) is 24.5 Å². The van der Waals surface area contributed by atoms with Crippen LogP contribution in [-0.2, 0) is 18.4 Å². The van der Waals surface area contributed by atoms with Crippen LogP contribution in [0.5, 0.6) is 0 Å². The zero-order chi connectivity index (χ0) is 16.4. The number of hydrogen-bond donors (Lipinski definition) is 1. The van der Waals surface area contributed by atoms with E-state index in [4.69, 9.17) is 5.11 Å². The largest absolute Gasteiger partial charge is 0.480 e. The van der Waals surface area contributed by atoms with Crippen molar-refractivity contribution in [3.05, 3.63) is 35.4 Å². The van der Waals surface area contributed by atoms with E-state index in [9.17, 15) is 9.59 Å². The number of aryl methyl sites for hydroxylation is 2. The summed E-state index contributed by atoms with van der Waals surface area (Å²) in [7, 11) is 3.52. The molecule has 118 valence electrons. The van der Waals surface area contributed by atoms with E-state index in [2.05, 4.69) is 10.2 Å². The number of nitrogens with zero attached hydrogens (tertiary/aromatic N) is 5. The summed E-state index contributed by atoms with van der Waals surface area (Å²) in [5.41, 5.74) is 2.19. The highest BCUT2D eigenvalue weighted by Crippen LogP contribution is 2.12. The molecule has 0 aromatic carbocycles. The maximum absolute atomic E-state index is 12.4. The van der Waals surface area contributed by atoms with Crippen molar-refractivity contribution < 1.29 is 14.7 Å². The number of carboxylic acids is 1. The fourth-order valence-corrected chi connectivity index (χ4v) is 2.13. The van der Waals surface area contributed by atoms with Gasteiger partial charge < -0.3 is 10.0 Å². The van der Waals surface area contributed by atoms with Gasteiger partial charge in [0.1, 0.15) is 6.04 Å². The van der Waals surface area contributed by atoms with Gasteiger partial charge in [0.15, 0.2) is 0 Å². The van der Waals surface area contributed by atoms with Gasteiger partial charge in [-0.3, -0.25) is 14.2 Å². The summed E-state index contributed by atoms with van der Waals surface area (Å²) in [5.74, 6) is -1.21. The molecular weight excluding hydrogens is 286 g/mol. The first-order valence-corrected chi connectivity index (χ1v) is 6.81. The lowest BCUT2D eigenvalue weighted by atomic mass is 10.2. The molecule has 0 bridgehead atoms. The van der Waals surface area contributed by atoms with Crippen LogP contribution in [0.2, 0.25) is 0 Å². The van der Waals surface area contributed by atoms with Crippen LogP contribution in [0.25, 0.3) is 0 Å². The third-order valence-corrected chi connectivity index (χ3v) is 3.47. The average Bonchev–Trinajstić information content (AvgIpc) is 3.04. The lowest BCUT2D eigenvalue weighted by Crippen LogP contribution is -2.26. The molecular formula is C14H19N5O3. The maximum Gasteiger partial charge on any atom is 0.328 e. The van der Waals surface area contributed by atoms with E-state index in [1.165, 1.54) is 24.0 Å². The second-order valence-corrected chi connectivity index (χ2v) is 5.30. The number of aromatic nitrogens is 4. The molecule has 1 N–H and O–H groups in total. The van der Waals surface area contributed by atoms with Crippen molar-refractivity contribution in [2.45, 2.75) is 26.4 Å². The van der Waals surface area contributed by atoms with E-state index in [1.807, 2.05) is 20.2 Å². The zero-order valence-corrected chi connectivity index (χ0v) is 13.0. The zero-order valence-electron chi connectivity index (χ0n) is 13.0. The highest BCUT2D eigenvalue weighted by atomic mass is 16.4. The maximum atomic E-state index is 12.4. The van der Waals surface area contributed by atoms with E-state index < -0.39 is 12.0 Å². The van der Waals surface area contributed by atoms with Crippen molar-refractivity contribution >= 4 is 11.9 Å². The monoisotopic (exact) mass is 305 g/mol. The first-order chi connectivity index (χ1) is 10.3. The fourth-order valence-electron chi connectivity index (χ4n) is 2.13. The molecule has 2 aromatic rings. The Morgan fingerprint density at radius 3 is 2.64 bits per heavy atom. The molecule has 0 aliphatic heterocycles. The number of amides is 1. The summed E-state index contributed by atoms with van der Waals surface area (Å²) >= 11 is 0. The predicted octanol–water partition coefficient (Wildman–Crippen LogP) is 0.843. The third kappa shape index (κ3) is 3.16. The molecule has 1 unspecified atom stereocenters. The molecule has 1 amide bonds. The fraction of sp³-hybridized carbons (Fsp3) is 0.429. The van der Waals surface area contributed by atoms with Crippen LogP contribution in [0.15, 0.2) is 18.6 Å². The molecule has 0 spiro atoms. The highest BCUT2D eigenvalue weighted by Gasteiger charge is 2.19. The molecule has 0 aliphatic carbocycles. The lowest BCUT2D eigenvalue weighted by molar-refractivity contribution is -0.140. The van der Waals surface area contributed by atoms with Crippen LogP contribution in [0.1, 0.15) is 34.6 Å². The minimum atomic E-state index is -0.999. The van der Waals surface area contributed by atoms with Gasteiger partial charge in [0, 0.05) is 38.6 Å². The number of carbonyl (C=O) groups is 2. The summed E-state index contributed by atoms with van der Waals surface area (Å²) in [4.78, 5) is 24.9. The van der Waals surface area contributed by atoms with Gasteiger partial charge in [-0.15, -0.1) is 0 Å². The van der Waals surface area contributed by atoms with Crippen molar-refractivity contribution in [1.29, 1.82) is 0 Å². The minimum Gasteiger partial charge on any atom is -0.480 e. The van der Waals surface area contributed by atoms with Crippen molar-refractivity contribution in [3.8, 4) is 0 Å². The van der Waals surface area contributed by atoms with Gasteiger partial charge in [0.2, 0.25) is 0 Å². The Kier molecular flexibility index (Phi) is 4.30. The summed E-state index contributed by atoms with van der Waals surface area (Å²) < 4.78 is 2.97. The van der Waals surface area contributed by atoms with E-state index in [1.54, 1.807) is 16.6 Å². The number of carboxylic acid groups (broad SMARTS) is 1. The molecule has 2 rings (SSSR count). The van der Waals surface area contributed by atoms with Gasteiger partial charge in [0.25, 0.3) is 5.91 Å². The highest BCUT2D eigenvalue weighted by molar-refractivity contribution is 5.93. The molecule has 1 atom stereocenters. The normalized spacial score (nSPS) is 12.2. The predicted molar refractivity (Wildman–Crippen MR) is 78.3 cm³/mol. The molecule has 0 saturated carbocycles. The van der Waals surface area contributed by atoms with Crippen LogP contribution in [0.3, 0.4) is 0 Å². The summed E-state index contributed by atoms with van der Waals surface area (Å²) in [6.07, 6.45) is 4.71. The quantitative estimate of drug-likeness (QED) is 0.883. The molecule has 0 aliphatic rings. The van der Waals surface area contributed by atoms with E-state index in [0.29, 0.717) is 12.1 Å². The standard InChI is InChI=1S/C14H19N5O3/c1-9-12(7-18(4)16-9)6-17(3)13(20)11-5-15-19(8-11)10(2)14(21)22/h5,7-8,10H,6H2,1-4H3,(H,21,22). The van der Waals surface area contributed by atoms with Gasteiger partial charge >= 0.3 is 5.97 Å². The Hall–Kier alpha value is -2.64. The minimum absolute atomic E-state index is 0.216. The number of aliphatic carboxylic acids is 1. The van der Waals surface area contributed by atoms with Crippen molar-refractivity contribution in [3.63, 3.8) is 0 Å². The smallest absolute Gasteiger partial charge is 0.328 e. The molecule has 2 heterocycles. The first kappa shape index (κ1) is 15.7. The first-order valence-electron chi connectivity index (χ1n) is 6.81. The van der Waals surface area contributed by atoms with Crippen LogP contribution < -0.4 is 0 Å². The van der Waals surface area contributed by atoms with E-state index >= 15 is 0 Å². The summed E-state index contributed by atoms with van der Waals surface area (Å²) in [5, 5.41) is 17.1. The second kappa shape index (κ2) is 6.00. The summed E-state index contributed by atoms with van der Waals surface area (Å²) in [6.45, 7) is 3.82. The third-order valence-electron chi connectivity index (χ3n) is 3.47. The second-order valence-electron chi connectivity index (χ2n) is 5.30. The van der Waals surface area contributed by atoms with Crippen LogP contribution in [0.4, 0.5) is 0 Å².